The quantitative estimate of drug-likeness (QED) is 0.858. The van der Waals surface area contributed by atoms with Crippen molar-refractivity contribution in [3.05, 3.63) is 36.0 Å². The molecule has 0 aliphatic heterocycles. The molecule has 5 heteroatoms. The van der Waals surface area contributed by atoms with Gasteiger partial charge in [-0.05, 0) is 23.9 Å². The van der Waals surface area contributed by atoms with Crippen molar-refractivity contribution < 1.29 is 4.79 Å². The van der Waals surface area contributed by atoms with Crippen LogP contribution in [0.2, 0.25) is 0 Å². The van der Waals surface area contributed by atoms with Crippen molar-refractivity contribution in [3.8, 4) is 0 Å². The Morgan fingerprint density at radius 1 is 1.35 bits per heavy atom. The van der Waals surface area contributed by atoms with Crippen LogP contribution in [-0.4, -0.2) is 34.5 Å². The number of rotatable bonds is 5. The van der Waals surface area contributed by atoms with Gasteiger partial charge in [0.25, 0.3) is 0 Å². The molecule has 0 aliphatic carbocycles. The summed E-state index contributed by atoms with van der Waals surface area (Å²) in [7, 11) is 3.56. The van der Waals surface area contributed by atoms with Crippen molar-refractivity contribution in [1.82, 2.24) is 9.47 Å². The van der Waals surface area contributed by atoms with Gasteiger partial charge in [0, 0.05) is 44.3 Å². The van der Waals surface area contributed by atoms with E-state index in [-0.39, 0.29) is 5.91 Å². The molecule has 0 saturated heterocycles. The van der Waals surface area contributed by atoms with E-state index in [1.807, 2.05) is 24.4 Å². The van der Waals surface area contributed by atoms with Crippen LogP contribution < -0.4 is 5.73 Å². The van der Waals surface area contributed by atoms with Gasteiger partial charge in [0.15, 0.2) is 0 Å². The van der Waals surface area contributed by atoms with Crippen molar-refractivity contribution in [2.45, 2.75) is 19.4 Å². The van der Waals surface area contributed by atoms with E-state index in [1.165, 1.54) is 0 Å². The van der Waals surface area contributed by atoms with Crippen LogP contribution in [0, 0.1) is 0 Å². The van der Waals surface area contributed by atoms with E-state index in [2.05, 4.69) is 10.6 Å². The minimum Gasteiger partial charge on any atom is -0.389 e. The maximum atomic E-state index is 11.6. The lowest BCUT2D eigenvalue weighted by atomic mass is 10.1. The first-order valence-corrected chi connectivity index (χ1v) is 6.98. The van der Waals surface area contributed by atoms with Crippen LogP contribution in [-0.2, 0) is 11.3 Å². The Bertz CT molecular complexity index is 646. The SMILES string of the molecule is CN(C)C(=O)CCCn1ccc2ccc(C(N)=S)cc21. The van der Waals surface area contributed by atoms with E-state index in [9.17, 15) is 4.79 Å². The number of aryl methyl sites for hydroxylation is 1. The number of fused-ring (bicyclic) bond motifs is 1. The molecule has 0 radical (unpaired) electrons. The molecule has 1 aromatic heterocycles. The molecule has 1 heterocycles. The largest absolute Gasteiger partial charge is 0.389 e. The zero-order chi connectivity index (χ0) is 14.7. The Morgan fingerprint density at radius 3 is 2.75 bits per heavy atom. The van der Waals surface area contributed by atoms with Gasteiger partial charge in [-0.3, -0.25) is 4.79 Å². The fourth-order valence-corrected chi connectivity index (χ4v) is 2.28. The molecule has 0 spiro atoms. The minimum atomic E-state index is 0.158. The topological polar surface area (TPSA) is 51.3 Å². The summed E-state index contributed by atoms with van der Waals surface area (Å²) in [6.45, 7) is 0.809. The van der Waals surface area contributed by atoms with Gasteiger partial charge in [0.2, 0.25) is 5.91 Å². The molecular formula is C15H19N3OS. The fourth-order valence-electron chi connectivity index (χ4n) is 2.16. The number of carbonyl (C=O) groups is 1. The molecular weight excluding hydrogens is 270 g/mol. The van der Waals surface area contributed by atoms with Gasteiger partial charge in [-0.1, -0.05) is 24.4 Å². The van der Waals surface area contributed by atoms with E-state index < -0.39 is 0 Å². The number of carbonyl (C=O) groups excluding carboxylic acids is 1. The number of aromatic nitrogens is 1. The molecule has 2 N–H and O–H groups in total. The highest BCUT2D eigenvalue weighted by molar-refractivity contribution is 7.80. The summed E-state index contributed by atoms with van der Waals surface area (Å²) >= 11 is 5.01. The Balaban J connectivity index is 2.12. The maximum absolute atomic E-state index is 11.6. The van der Waals surface area contributed by atoms with Gasteiger partial charge in [0.05, 0.1) is 0 Å². The number of amides is 1. The number of hydrogen-bond acceptors (Lipinski definition) is 2. The van der Waals surface area contributed by atoms with Crippen LogP contribution in [0.3, 0.4) is 0 Å². The van der Waals surface area contributed by atoms with E-state index >= 15 is 0 Å². The average Bonchev–Trinajstić information content (AvgIpc) is 2.81. The Hall–Kier alpha value is -1.88. The number of nitrogens with zero attached hydrogens (tertiary/aromatic N) is 2. The van der Waals surface area contributed by atoms with E-state index in [0.29, 0.717) is 11.4 Å². The number of benzene rings is 1. The van der Waals surface area contributed by atoms with Crippen LogP contribution in [0.1, 0.15) is 18.4 Å². The minimum absolute atomic E-state index is 0.158. The lowest BCUT2D eigenvalue weighted by molar-refractivity contribution is -0.128. The summed E-state index contributed by atoms with van der Waals surface area (Å²) in [6, 6.07) is 8.02. The van der Waals surface area contributed by atoms with Crippen LogP contribution in [0.25, 0.3) is 10.9 Å². The Labute approximate surface area is 124 Å². The predicted molar refractivity (Wildman–Crippen MR) is 85.8 cm³/mol. The van der Waals surface area contributed by atoms with Gasteiger partial charge in [-0.15, -0.1) is 0 Å². The highest BCUT2D eigenvalue weighted by Crippen LogP contribution is 2.18. The van der Waals surface area contributed by atoms with Crippen LogP contribution in [0.4, 0.5) is 0 Å². The molecule has 106 valence electrons. The van der Waals surface area contributed by atoms with Gasteiger partial charge in [0.1, 0.15) is 4.99 Å². The smallest absolute Gasteiger partial charge is 0.222 e. The predicted octanol–water partition coefficient (Wildman–Crippen LogP) is 2.14. The Morgan fingerprint density at radius 2 is 2.10 bits per heavy atom. The highest BCUT2D eigenvalue weighted by atomic mass is 32.1. The average molecular weight is 289 g/mol. The molecule has 2 rings (SSSR count). The van der Waals surface area contributed by atoms with Crippen LogP contribution in [0.5, 0.6) is 0 Å². The third kappa shape index (κ3) is 3.17. The van der Waals surface area contributed by atoms with Gasteiger partial charge >= 0.3 is 0 Å². The standard InChI is InChI=1S/C15H19N3OS/c1-17(2)14(19)4-3-8-18-9-7-11-5-6-12(15(16)20)10-13(11)18/h5-7,9-10H,3-4,8H2,1-2H3,(H2,16,20). The van der Waals surface area contributed by atoms with Crippen LogP contribution in [0.15, 0.2) is 30.5 Å². The summed E-state index contributed by atoms with van der Waals surface area (Å²) < 4.78 is 2.14. The van der Waals surface area contributed by atoms with Gasteiger partial charge < -0.3 is 15.2 Å². The second-order valence-corrected chi connectivity index (χ2v) is 5.48. The molecule has 0 bridgehead atoms. The first-order chi connectivity index (χ1) is 9.49. The molecule has 20 heavy (non-hydrogen) atoms. The molecule has 4 nitrogen and oxygen atoms in total. The third-order valence-corrected chi connectivity index (χ3v) is 3.58. The molecule has 0 saturated carbocycles. The second kappa shape index (κ2) is 6.05. The molecule has 1 aromatic carbocycles. The van der Waals surface area contributed by atoms with Gasteiger partial charge in [-0.25, -0.2) is 0 Å². The van der Waals surface area contributed by atoms with Crippen molar-refractivity contribution >= 4 is 34.0 Å². The van der Waals surface area contributed by atoms with Crippen molar-refractivity contribution in [2.24, 2.45) is 5.73 Å². The lowest BCUT2D eigenvalue weighted by Gasteiger charge is -2.10. The number of thiocarbonyl (C=S) groups is 1. The van der Waals surface area contributed by atoms with E-state index in [1.54, 1.807) is 19.0 Å². The van der Waals surface area contributed by atoms with E-state index in [0.717, 1.165) is 29.4 Å². The van der Waals surface area contributed by atoms with E-state index in [4.69, 9.17) is 18.0 Å². The normalized spacial score (nSPS) is 10.7. The number of nitrogens with two attached hydrogens (primary N) is 1. The van der Waals surface area contributed by atoms with Crippen LogP contribution >= 0.6 is 12.2 Å². The fraction of sp³-hybridized carbons (Fsp3) is 0.333. The zero-order valence-electron chi connectivity index (χ0n) is 11.8. The van der Waals surface area contributed by atoms with Crippen molar-refractivity contribution in [1.29, 1.82) is 0 Å². The van der Waals surface area contributed by atoms with Gasteiger partial charge in [-0.2, -0.15) is 0 Å². The first-order valence-electron chi connectivity index (χ1n) is 6.58. The molecule has 0 fully saturated rings. The molecule has 1 amide bonds. The molecule has 0 atom stereocenters. The van der Waals surface area contributed by atoms with Crippen molar-refractivity contribution in [3.63, 3.8) is 0 Å². The summed E-state index contributed by atoms with van der Waals surface area (Å²) in [6.07, 6.45) is 3.41. The summed E-state index contributed by atoms with van der Waals surface area (Å²) in [5, 5.41) is 1.16. The monoisotopic (exact) mass is 289 g/mol. The zero-order valence-corrected chi connectivity index (χ0v) is 12.6. The van der Waals surface area contributed by atoms with Crippen molar-refractivity contribution in [2.75, 3.05) is 14.1 Å². The lowest BCUT2D eigenvalue weighted by Crippen LogP contribution is -2.21. The summed E-state index contributed by atoms with van der Waals surface area (Å²) in [4.78, 5) is 13.6. The summed E-state index contributed by atoms with van der Waals surface area (Å²) in [5.41, 5.74) is 7.65. The molecule has 2 aromatic rings. The first kappa shape index (κ1) is 14.5. The number of hydrogen-bond donors (Lipinski definition) is 1. The molecule has 0 unspecified atom stereocenters. The maximum Gasteiger partial charge on any atom is 0.222 e. The summed E-state index contributed by atoms with van der Waals surface area (Å²) in [5.74, 6) is 0.158. The highest BCUT2D eigenvalue weighted by Gasteiger charge is 2.06. The Kier molecular flexibility index (Phi) is 4.39. The molecule has 0 aliphatic rings. The second-order valence-electron chi connectivity index (χ2n) is 5.04. The third-order valence-electron chi connectivity index (χ3n) is 3.35.